The lowest BCUT2D eigenvalue weighted by molar-refractivity contribution is -0.124. The standard InChI is InChI=1S/C10H21NO/c1-5-6-9(4)10(12)11-7-8(2)3/h8-9H,5-7H2,1-4H3,(H,11,12). The van der Waals surface area contributed by atoms with E-state index in [1.807, 2.05) is 6.92 Å². The molecule has 1 N–H and O–H groups in total. The number of rotatable bonds is 5. The molecule has 1 unspecified atom stereocenters. The minimum atomic E-state index is 0.175. The van der Waals surface area contributed by atoms with E-state index < -0.39 is 0 Å². The third kappa shape index (κ3) is 5.16. The van der Waals surface area contributed by atoms with Crippen molar-refractivity contribution in [3.05, 3.63) is 0 Å². The number of hydrogen-bond acceptors (Lipinski definition) is 1. The van der Waals surface area contributed by atoms with E-state index in [1.165, 1.54) is 0 Å². The molecule has 0 fully saturated rings. The Balaban J connectivity index is 3.57. The van der Waals surface area contributed by atoms with Gasteiger partial charge in [-0.05, 0) is 12.3 Å². The lowest BCUT2D eigenvalue weighted by atomic mass is 10.1. The van der Waals surface area contributed by atoms with Gasteiger partial charge in [-0.3, -0.25) is 4.79 Å². The Labute approximate surface area is 75.7 Å². The zero-order valence-electron chi connectivity index (χ0n) is 8.68. The van der Waals surface area contributed by atoms with Crippen LogP contribution >= 0.6 is 0 Å². The molecular formula is C10H21NO. The van der Waals surface area contributed by atoms with Crippen molar-refractivity contribution in [3.63, 3.8) is 0 Å². The Bertz CT molecular complexity index is 132. The van der Waals surface area contributed by atoms with Crippen LogP contribution in [0, 0.1) is 11.8 Å². The fourth-order valence-electron chi connectivity index (χ4n) is 1.04. The van der Waals surface area contributed by atoms with Gasteiger partial charge >= 0.3 is 0 Å². The molecule has 0 aliphatic rings. The van der Waals surface area contributed by atoms with Gasteiger partial charge in [0.15, 0.2) is 0 Å². The van der Waals surface area contributed by atoms with Crippen molar-refractivity contribution in [2.24, 2.45) is 11.8 Å². The summed E-state index contributed by atoms with van der Waals surface area (Å²) in [7, 11) is 0. The van der Waals surface area contributed by atoms with Crippen molar-refractivity contribution in [2.75, 3.05) is 6.54 Å². The molecule has 2 heteroatoms. The molecule has 72 valence electrons. The summed E-state index contributed by atoms with van der Waals surface area (Å²) in [6.07, 6.45) is 2.07. The largest absolute Gasteiger partial charge is 0.356 e. The number of hydrogen-bond donors (Lipinski definition) is 1. The molecule has 0 bridgehead atoms. The normalized spacial score (nSPS) is 13.1. The maximum absolute atomic E-state index is 11.3. The number of carbonyl (C=O) groups excluding carboxylic acids is 1. The smallest absolute Gasteiger partial charge is 0.222 e. The van der Waals surface area contributed by atoms with Gasteiger partial charge in [-0.25, -0.2) is 0 Å². The van der Waals surface area contributed by atoms with Gasteiger partial charge in [0.05, 0.1) is 0 Å². The van der Waals surface area contributed by atoms with E-state index in [0.29, 0.717) is 5.92 Å². The summed E-state index contributed by atoms with van der Waals surface area (Å²) in [5.74, 6) is 0.919. The average molecular weight is 171 g/mol. The zero-order chi connectivity index (χ0) is 9.56. The van der Waals surface area contributed by atoms with Crippen molar-refractivity contribution in [2.45, 2.75) is 40.5 Å². The molecule has 0 saturated heterocycles. The first-order valence-electron chi connectivity index (χ1n) is 4.85. The highest BCUT2D eigenvalue weighted by molar-refractivity contribution is 5.78. The van der Waals surface area contributed by atoms with Crippen LogP contribution in [0.25, 0.3) is 0 Å². The lowest BCUT2D eigenvalue weighted by Crippen LogP contribution is -2.31. The third-order valence-electron chi connectivity index (χ3n) is 1.85. The molecule has 1 atom stereocenters. The van der Waals surface area contributed by atoms with E-state index in [9.17, 15) is 4.79 Å². The molecule has 0 heterocycles. The van der Waals surface area contributed by atoms with Gasteiger partial charge in [0, 0.05) is 12.5 Å². The van der Waals surface area contributed by atoms with Crippen LogP contribution in [0.1, 0.15) is 40.5 Å². The summed E-state index contributed by atoms with van der Waals surface area (Å²) in [4.78, 5) is 11.3. The molecular weight excluding hydrogens is 150 g/mol. The molecule has 0 aromatic heterocycles. The summed E-state index contributed by atoms with van der Waals surface area (Å²) in [6, 6.07) is 0. The fraction of sp³-hybridized carbons (Fsp3) is 0.900. The van der Waals surface area contributed by atoms with Gasteiger partial charge in [0.2, 0.25) is 5.91 Å². The number of carbonyl (C=O) groups is 1. The molecule has 0 aromatic carbocycles. The van der Waals surface area contributed by atoms with E-state index in [1.54, 1.807) is 0 Å². The Morgan fingerprint density at radius 3 is 2.33 bits per heavy atom. The van der Waals surface area contributed by atoms with Crippen LogP contribution in [0.5, 0.6) is 0 Å². The molecule has 0 aromatic rings. The maximum atomic E-state index is 11.3. The molecule has 0 rings (SSSR count). The van der Waals surface area contributed by atoms with Crippen LogP contribution < -0.4 is 5.32 Å². The summed E-state index contributed by atoms with van der Waals surface area (Å²) in [5, 5.41) is 2.93. The SMILES string of the molecule is CCCC(C)C(=O)NCC(C)C. The molecule has 0 spiro atoms. The highest BCUT2D eigenvalue weighted by atomic mass is 16.1. The van der Waals surface area contributed by atoms with Crippen LogP contribution in [-0.2, 0) is 4.79 Å². The molecule has 1 amide bonds. The van der Waals surface area contributed by atoms with Crippen LogP contribution in [0.4, 0.5) is 0 Å². The van der Waals surface area contributed by atoms with E-state index in [4.69, 9.17) is 0 Å². The minimum absolute atomic E-state index is 0.175. The average Bonchev–Trinajstić information content (AvgIpc) is 2.00. The van der Waals surface area contributed by atoms with Crippen molar-refractivity contribution < 1.29 is 4.79 Å². The van der Waals surface area contributed by atoms with Crippen molar-refractivity contribution in [1.29, 1.82) is 0 Å². The molecule has 2 nitrogen and oxygen atoms in total. The topological polar surface area (TPSA) is 29.1 Å². The second-order valence-electron chi connectivity index (χ2n) is 3.83. The number of nitrogens with one attached hydrogen (secondary N) is 1. The Morgan fingerprint density at radius 2 is 1.92 bits per heavy atom. The summed E-state index contributed by atoms with van der Waals surface area (Å²) >= 11 is 0. The Kier molecular flexibility index (Phi) is 5.77. The van der Waals surface area contributed by atoms with Gasteiger partial charge in [-0.15, -0.1) is 0 Å². The fourth-order valence-corrected chi connectivity index (χ4v) is 1.04. The first kappa shape index (κ1) is 11.5. The number of amides is 1. The first-order valence-corrected chi connectivity index (χ1v) is 4.85. The third-order valence-corrected chi connectivity index (χ3v) is 1.85. The van der Waals surface area contributed by atoms with Crippen molar-refractivity contribution in [3.8, 4) is 0 Å². The summed E-state index contributed by atoms with van der Waals surface area (Å²) < 4.78 is 0. The van der Waals surface area contributed by atoms with E-state index in [-0.39, 0.29) is 11.8 Å². The van der Waals surface area contributed by atoms with Gasteiger partial charge in [0.1, 0.15) is 0 Å². The predicted molar refractivity (Wildman–Crippen MR) is 51.9 cm³/mol. The van der Waals surface area contributed by atoms with Crippen LogP contribution in [0.2, 0.25) is 0 Å². The molecule has 12 heavy (non-hydrogen) atoms. The molecule has 0 radical (unpaired) electrons. The van der Waals surface area contributed by atoms with Crippen molar-refractivity contribution in [1.82, 2.24) is 5.32 Å². The van der Waals surface area contributed by atoms with E-state index in [2.05, 4.69) is 26.1 Å². The van der Waals surface area contributed by atoms with Crippen LogP contribution in [0.15, 0.2) is 0 Å². The summed E-state index contributed by atoms with van der Waals surface area (Å²) in [5.41, 5.74) is 0. The van der Waals surface area contributed by atoms with Crippen LogP contribution in [-0.4, -0.2) is 12.5 Å². The lowest BCUT2D eigenvalue weighted by Gasteiger charge is -2.12. The first-order chi connectivity index (χ1) is 5.57. The van der Waals surface area contributed by atoms with Gasteiger partial charge in [0.25, 0.3) is 0 Å². The molecule has 0 saturated carbocycles. The zero-order valence-corrected chi connectivity index (χ0v) is 8.68. The second kappa shape index (κ2) is 6.04. The van der Waals surface area contributed by atoms with E-state index >= 15 is 0 Å². The minimum Gasteiger partial charge on any atom is -0.356 e. The van der Waals surface area contributed by atoms with E-state index in [0.717, 1.165) is 19.4 Å². The maximum Gasteiger partial charge on any atom is 0.222 e. The van der Waals surface area contributed by atoms with Gasteiger partial charge in [-0.2, -0.15) is 0 Å². The van der Waals surface area contributed by atoms with Gasteiger partial charge < -0.3 is 5.32 Å². The van der Waals surface area contributed by atoms with Crippen molar-refractivity contribution >= 4 is 5.91 Å². The predicted octanol–water partition coefficient (Wildman–Crippen LogP) is 2.19. The molecule has 0 aliphatic carbocycles. The monoisotopic (exact) mass is 171 g/mol. The highest BCUT2D eigenvalue weighted by Gasteiger charge is 2.10. The second-order valence-corrected chi connectivity index (χ2v) is 3.83. The Hall–Kier alpha value is -0.530. The van der Waals surface area contributed by atoms with Gasteiger partial charge in [-0.1, -0.05) is 34.1 Å². The molecule has 0 aliphatic heterocycles. The Morgan fingerprint density at radius 1 is 1.33 bits per heavy atom. The van der Waals surface area contributed by atoms with Crippen LogP contribution in [0.3, 0.4) is 0 Å². The highest BCUT2D eigenvalue weighted by Crippen LogP contribution is 2.04. The summed E-state index contributed by atoms with van der Waals surface area (Å²) in [6.45, 7) is 9.09. The quantitative estimate of drug-likeness (QED) is 0.675.